The van der Waals surface area contributed by atoms with Crippen molar-refractivity contribution in [3.05, 3.63) is 77.6 Å². The second-order valence-electron chi connectivity index (χ2n) is 6.81. The van der Waals surface area contributed by atoms with Crippen LogP contribution in [0, 0.1) is 5.82 Å². The van der Waals surface area contributed by atoms with Gasteiger partial charge < -0.3 is 4.90 Å². The minimum absolute atomic E-state index is 0.0183. The number of hydrogen-bond donors (Lipinski definition) is 2. The summed E-state index contributed by atoms with van der Waals surface area (Å²) < 4.78 is 13.1. The summed E-state index contributed by atoms with van der Waals surface area (Å²) in [7, 11) is 0. The van der Waals surface area contributed by atoms with Crippen LogP contribution in [0.4, 0.5) is 4.39 Å². The van der Waals surface area contributed by atoms with E-state index in [1.807, 2.05) is 23.1 Å². The summed E-state index contributed by atoms with van der Waals surface area (Å²) in [4.78, 5) is 14.7. The summed E-state index contributed by atoms with van der Waals surface area (Å²) in [5.74, 6) is -0.132. The van der Waals surface area contributed by atoms with E-state index in [2.05, 4.69) is 29.1 Å². The van der Waals surface area contributed by atoms with E-state index in [1.54, 1.807) is 12.1 Å². The smallest absolute Gasteiger partial charge is 0.241 e. The summed E-state index contributed by atoms with van der Waals surface area (Å²) in [6.07, 6.45) is 3.68. The fourth-order valence-corrected chi connectivity index (χ4v) is 3.64. The number of nitrogens with one attached hydrogen (secondary N) is 2. The molecule has 0 spiro atoms. The second kappa shape index (κ2) is 7.40. The Bertz CT molecular complexity index is 804. The standard InChI is InChI=1S/C21H22FN3O/c22-18-8-6-17(7-9-18)19-14-20(24-23-19)21(26)25-12-10-16(11-13-25)15-4-2-1-3-5-15/h1-10,19-20,23-24H,11-14H2. The Balaban J connectivity index is 1.37. The Morgan fingerprint density at radius 3 is 2.50 bits per heavy atom. The van der Waals surface area contributed by atoms with Crippen LogP contribution in [0.15, 0.2) is 60.7 Å². The number of hydrazine groups is 1. The molecule has 2 atom stereocenters. The van der Waals surface area contributed by atoms with Crippen molar-refractivity contribution in [2.75, 3.05) is 13.1 Å². The van der Waals surface area contributed by atoms with Crippen LogP contribution in [0.5, 0.6) is 0 Å². The predicted molar refractivity (Wildman–Crippen MR) is 99.4 cm³/mol. The van der Waals surface area contributed by atoms with Gasteiger partial charge in [0, 0.05) is 19.1 Å². The van der Waals surface area contributed by atoms with E-state index < -0.39 is 0 Å². The van der Waals surface area contributed by atoms with E-state index in [9.17, 15) is 9.18 Å². The van der Waals surface area contributed by atoms with Crippen LogP contribution in [0.1, 0.15) is 30.0 Å². The van der Waals surface area contributed by atoms with Gasteiger partial charge in [0.25, 0.3) is 0 Å². The zero-order chi connectivity index (χ0) is 17.9. The number of halogens is 1. The van der Waals surface area contributed by atoms with Crippen molar-refractivity contribution in [3.8, 4) is 0 Å². The Kier molecular flexibility index (Phi) is 4.82. The molecular weight excluding hydrogens is 329 g/mol. The molecular formula is C21H22FN3O. The van der Waals surface area contributed by atoms with Crippen LogP contribution in [0.25, 0.3) is 5.57 Å². The molecule has 0 aromatic heterocycles. The first-order valence-electron chi connectivity index (χ1n) is 9.00. The lowest BCUT2D eigenvalue weighted by Gasteiger charge is -2.28. The molecule has 5 heteroatoms. The van der Waals surface area contributed by atoms with Gasteiger partial charge >= 0.3 is 0 Å². The van der Waals surface area contributed by atoms with Gasteiger partial charge in [-0.05, 0) is 41.7 Å². The second-order valence-corrected chi connectivity index (χ2v) is 6.81. The van der Waals surface area contributed by atoms with Gasteiger partial charge in [0.2, 0.25) is 5.91 Å². The third-order valence-electron chi connectivity index (χ3n) is 5.14. The number of benzene rings is 2. The summed E-state index contributed by atoms with van der Waals surface area (Å²) in [5, 5.41) is 0. The van der Waals surface area contributed by atoms with Crippen molar-refractivity contribution < 1.29 is 9.18 Å². The Hall–Kier alpha value is -2.50. The van der Waals surface area contributed by atoms with E-state index in [0.717, 1.165) is 18.5 Å². The topological polar surface area (TPSA) is 44.4 Å². The van der Waals surface area contributed by atoms with E-state index in [-0.39, 0.29) is 23.8 Å². The highest BCUT2D eigenvalue weighted by Gasteiger charge is 2.33. The van der Waals surface area contributed by atoms with Gasteiger partial charge in [0.05, 0.1) is 0 Å². The van der Waals surface area contributed by atoms with Crippen molar-refractivity contribution in [2.24, 2.45) is 0 Å². The summed E-state index contributed by atoms with van der Waals surface area (Å²) in [6.45, 7) is 1.38. The van der Waals surface area contributed by atoms with Gasteiger partial charge in [-0.15, -0.1) is 0 Å². The first-order chi connectivity index (χ1) is 12.7. The van der Waals surface area contributed by atoms with Crippen molar-refractivity contribution >= 4 is 11.5 Å². The lowest BCUT2D eigenvalue weighted by Crippen LogP contribution is -2.46. The van der Waals surface area contributed by atoms with E-state index in [4.69, 9.17) is 0 Å². The van der Waals surface area contributed by atoms with Crippen LogP contribution in [-0.2, 0) is 4.79 Å². The normalized spacial score (nSPS) is 23.0. The zero-order valence-electron chi connectivity index (χ0n) is 14.5. The Morgan fingerprint density at radius 1 is 1.04 bits per heavy atom. The third-order valence-corrected chi connectivity index (χ3v) is 5.14. The minimum Gasteiger partial charge on any atom is -0.337 e. The molecule has 0 bridgehead atoms. The van der Waals surface area contributed by atoms with Gasteiger partial charge in [-0.3, -0.25) is 4.79 Å². The SMILES string of the molecule is O=C(C1CC(c2ccc(F)cc2)NN1)N1CC=C(c2ccccc2)CC1. The molecule has 2 unspecified atom stereocenters. The van der Waals surface area contributed by atoms with Gasteiger partial charge in [-0.1, -0.05) is 48.5 Å². The molecule has 2 heterocycles. The zero-order valence-corrected chi connectivity index (χ0v) is 14.5. The van der Waals surface area contributed by atoms with Crippen molar-refractivity contribution in [2.45, 2.75) is 24.9 Å². The highest BCUT2D eigenvalue weighted by atomic mass is 19.1. The van der Waals surface area contributed by atoms with Gasteiger partial charge in [-0.25, -0.2) is 15.2 Å². The molecule has 2 aliphatic rings. The Labute approximate surface area is 152 Å². The fraction of sp³-hybridized carbons (Fsp3) is 0.286. The summed E-state index contributed by atoms with van der Waals surface area (Å²) >= 11 is 0. The molecule has 0 saturated carbocycles. The molecule has 4 nitrogen and oxygen atoms in total. The number of rotatable bonds is 3. The van der Waals surface area contributed by atoms with Crippen molar-refractivity contribution in [1.29, 1.82) is 0 Å². The maximum Gasteiger partial charge on any atom is 0.241 e. The van der Waals surface area contributed by atoms with Crippen molar-refractivity contribution in [3.63, 3.8) is 0 Å². The summed E-state index contributed by atoms with van der Waals surface area (Å²) in [5.41, 5.74) is 9.79. The van der Waals surface area contributed by atoms with Crippen LogP contribution in [0.3, 0.4) is 0 Å². The largest absolute Gasteiger partial charge is 0.337 e. The molecule has 2 aromatic rings. The average Bonchev–Trinajstić information content (AvgIpc) is 3.19. The number of amides is 1. The first-order valence-corrected chi connectivity index (χ1v) is 9.00. The molecule has 0 aliphatic carbocycles. The van der Waals surface area contributed by atoms with Crippen LogP contribution >= 0.6 is 0 Å². The highest BCUT2D eigenvalue weighted by Crippen LogP contribution is 2.26. The van der Waals surface area contributed by atoms with Gasteiger partial charge in [0.1, 0.15) is 11.9 Å². The van der Waals surface area contributed by atoms with E-state index >= 15 is 0 Å². The van der Waals surface area contributed by atoms with Crippen LogP contribution < -0.4 is 10.9 Å². The molecule has 26 heavy (non-hydrogen) atoms. The Morgan fingerprint density at radius 2 is 1.81 bits per heavy atom. The third kappa shape index (κ3) is 3.54. The maximum absolute atomic E-state index is 13.1. The van der Waals surface area contributed by atoms with Crippen LogP contribution in [0.2, 0.25) is 0 Å². The molecule has 2 aromatic carbocycles. The molecule has 1 amide bonds. The van der Waals surface area contributed by atoms with Crippen LogP contribution in [-0.4, -0.2) is 29.9 Å². The fourth-order valence-electron chi connectivity index (χ4n) is 3.64. The van der Waals surface area contributed by atoms with Gasteiger partial charge in [-0.2, -0.15) is 0 Å². The maximum atomic E-state index is 13.1. The number of carbonyl (C=O) groups is 1. The minimum atomic E-state index is -0.253. The molecule has 134 valence electrons. The lowest BCUT2D eigenvalue weighted by atomic mass is 9.98. The number of carbonyl (C=O) groups excluding carboxylic acids is 1. The molecule has 2 aliphatic heterocycles. The number of nitrogens with zero attached hydrogens (tertiary/aromatic N) is 1. The van der Waals surface area contributed by atoms with Gasteiger partial charge in [0.15, 0.2) is 0 Å². The molecule has 0 radical (unpaired) electrons. The molecule has 1 saturated heterocycles. The molecule has 1 fully saturated rings. The number of hydrogen-bond acceptors (Lipinski definition) is 3. The quantitative estimate of drug-likeness (QED) is 0.893. The lowest BCUT2D eigenvalue weighted by molar-refractivity contribution is -0.132. The molecule has 4 rings (SSSR count). The first kappa shape index (κ1) is 16.9. The molecule has 2 N–H and O–H groups in total. The monoisotopic (exact) mass is 351 g/mol. The van der Waals surface area contributed by atoms with Crippen molar-refractivity contribution in [1.82, 2.24) is 15.8 Å². The highest BCUT2D eigenvalue weighted by molar-refractivity contribution is 5.83. The average molecular weight is 351 g/mol. The predicted octanol–water partition coefficient (Wildman–Crippen LogP) is 3.05. The van der Waals surface area contributed by atoms with E-state index in [1.165, 1.54) is 23.3 Å². The summed E-state index contributed by atoms with van der Waals surface area (Å²) in [6, 6.07) is 16.5. The van der Waals surface area contributed by atoms with E-state index in [0.29, 0.717) is 13.0 Å².